The molecule has 0 heterocycles. The maximum Gasteiger partial charge on any atom is 0.119 e. The van der Waals surface area contributed by atoms with Crippen molar-refractivity contribution >= 4 is 0 Å². The second-order valence-electron chi connectivity index (χ2n) is 5.72. The summed E-state index contributed by atoms with van der Waals surface area (Å²) in [6, 6.07) is 29.2. The van der Waals surface area contributed by atoms with Crippen LogP contribution in [0.5, 0.6) is 5.75 Å². The first-order valence-electron chi connectivity index (χ1n) is 8.45. The summed E-state index contributed by atoms with van der Waals surface area (Å²) in [7, 11) is 0. The number of hydrogen-bond donors (Lipinski definition) is 1. The molecule has 3 aromatic rings. The Hall–Kier alpha value is -2.58. The van der Waals surface area contributed by atoms with Crippen molar-refractivity contribution in [2.45, 2.75) is 6.42 Å². The van der Waals surface area contributed by atoms with Crippen LogP contribution in [-0.4, -0.2) is 19.7 Å². The summed E-state index contributed by atoms with van der Waals surface area (Å²) in [5, 5.41) is 3.42. The normalized spacial score (nSPS) is 10.5. The van der Waals surface area contributed by atoms with Crippen LogP contribution >= 0.6 is 0 Å². The molecule has 0 aliphatic heterocycles. The molecule has 0 aliphatic carbocycles. The van der Waals surface area contributed by atoms with Crippen LogP contribution < -0.4 is 10.1 Å². The van der Waals surface area contributed by atoms with Crippen LogP contribution in [0, 0.1) is 0 Å². The number of benzene rings is 3. The molecule has 2 nitrogen and oxygen atoms in total. The Bertz CT molecular complexity index is 708. The molecule has 0 saturated heterocycles. The lowest BCUT2D eigenvalue weighted by atomic mass is 10.1. The predicted molar refractivity (Wildman–Crippen MR) is 100 cm³/mol. The van der Waals surface area contributed by atoms with E-state index in [-0.39, 0.29) is 0 Å². The standard InChI is InChI=1S/C22H23NO/c1-3-7-19(8-4-1)15-16-23-17-18-24-22-13-11-21(12-14-22)20-9-5-2-6-10-20/h1-14,23H,15-18H2. The summed E-state index contributed by atoms with van der Waals surface area (Å²) in [4.78, 5) is 0. The molecule has 0 atom stereocenters. The molecule has 0 aliphatic rings. The van der Waals surface area contributed by atoms with Gasteiger partial charge >= 0.3 is 0 Å². The van der Waals surface area contributed by atoms with Gasteiger partial charge in [0.25, 0.3) is 0 Å². The topological polar surface area (TPSA) is 21.3 Å². The lowest BCUT2D eigenvalue weighted by molar-refractivity contribution is 0.314. The largest absolute Gasteiger partial charge is 0.492 e. The first kappa shape index (κ1) is 16.3. The fourth-order valence-electron chi connectivity index (χ4n) is 2.62. The van der Waals surface area contributed by atoms with E-state index in [1.807, 2.05) is 24.3 Å². The Morgan fingerprint density at radius 3 is 1.96 bits per heavy atom. The summed E-state index contributed by atoms with van der Waals surface area (Å²) >= 11 is 0. The van der Waals surface area contributed by atoms with Gasteiger partial charge in [0.2, 0.25) is 0 Å². The number of ether oxygens (including phenoxy) is 1. The Labute approximate surface area is 144 Å². The first-order chi connectivity index (χ1) is 11.9. The molecule has 0 saturated carbocycles. The molecule has 0 spiro atoms. The van der Waals surface area contributed by atoms with Crippen LogP contribution in [0.4, 0.5) is 0 Å². The Morgan fingerprint density at radius 2 is 1.25 bits per heavy atom. The van der Waals surface area contributed by atoms with Crippen molar-refractivity contribution in [2.24, 2.45) is 0 Å². The van der Waals surface area contributed by atoms with Gasteiger partial charge in [0.15, 0.2) is 0 Å². The van der Waals surface area contributed by atoms with Crippen molar-refractivity contribution < 1.29 is 4.74 Å². The molecule has 0 amide bonds. The Kier molecular flexibility index (Phi) is 6.04. The van der Waals surface area contributed by atoms with Gasteiger partial charge in [-0.15, -0.1) is 0 Å². The average molecular weight is 317 g/mol. The van der Waals surface area contributed by atoms with E-state index in [9.17, 15) is 0 Å². The van der Waals surface area contributed by atoms with Crippen LogP contribution in [0.1, 0.15) is 5.56 Å². The van der Waals surface area contributed by atoms with E-state index >= 15 is 0 Å². The van der Waals surface area contributed by atoms with Gasteiger partial charge in [-0.05, 0) is 41.8 Å². The van der Waals surface area contributed by atoms with Crippen LogP contribution in [0.3, 0.4) is 0 Å². The summed E-state index contributed by atoms with van der Waals surface area (Å²) in [6.07, 6.45) is 1.05. The van der Waals surface area contributed by atoms with Crippen molar-refractivity contribution in [3.63, 3.8) is 0 Å². The van der Waals surface area contributed by atoms with E-state index in [4.69, 9.17) is 4.74 Å². The molecule has 2 heteroatoms. The third-order valence-corrected chi connectivity index (χ3v) is 3.94. The molecule has 122 valence electrons. The number of hydrogen-bond acceptors (Lipinski definition) is 2. The second kappa shape index (κ2) is 8.90. The van der Waals surface area contributed by atoms with E-state index in [0.29, 0.717) is 6.61 Å². The maximum atomic E-state index is 5.79. The quantitative estimate of drug-likeness (QED) is 0.615. The van der Waals surface area contributed by atoms with Crippen LogP contribution in [-0.2, 0) is 6.42 Å². The van der Waals surface area contributed by atoms with Crippen molar-refractivity contribution in [3.05, 3.63) is 90.5 Å². The van der Waals surface area contributed by atoms with Crippen LogP contribution in [0.25, 0.3) is 11.1 Å². The lowest BCUT2D eigenvalue weighted by Crippen LogP contribution is -2.23. The molecular formula is C22H23NO. The molecule has 0 aromatic heterocycles. The molecule has 3 aromatic carbocycles. The number of rotatable bonds is 8. The van der Waals surface area contributed by atoms with Gasteiger partial charge in [-0.25, -0.2) is 0 Å². The van der Waals surface area contributed by atoms with Crippen molar-refractivity contribution in [3.8, 4) is 16.9 Å². The highest BCUT2D eigenvalue weighted by Gasteiger charge is 1.98. The molecule has 1 N–H and O–H groups in total. The minimum absolute atomic E-state index is 0.680. The summed E-state index contributed by atoms with van der Waals surface area (Å²) in [5.74, 6) is 0.916. The van der Waals surface area contributed by atoms with E-state index in [1.54, 1.807) is 0 Å². The lowest BCUT2D eigenvalue weighted by Gasteiger charge is -2.09. The van der Waals surface area contributed by atoms with Crippen molar-refractivity contribution in [1.29, 1.82) is 0 Å². The smallest absolute Gasteiger partial charge is 0.119 e. The van der Waals surface area contributed by atoms with E-state index in [1.165, 1.54) is 16.7 Å². The zero-order valence-corrected chi connectivity index (χ0v) is 13.8. The van der Waals surface area contributed by atoms with Gasteiger partial charge in [0, 0.05) is 6.54 Å². The highest BCUT2D eigenvalue weighted by atomic mass is 16.5. The zero-order chi connectivity index (χ0) is 16.5. The third-order valence-electron chi connectivity index (χ3n) is 3.94. The van der Waals surface area contributed by atoms with E-state index in [2.05, 4.69) is 66.0 Å². The maximum absolute atomic E-state index is 5.79. The van der Waals surface area contributed by atoms with Gasteiger partial charge in [-0.3, -0.25) is 0 Å². The fourth-order valence-corrected chi connectivity index (χ4v) is 2.62. The first-order valence-corrected chi connectivity index (χ1v) is 8.45. The minimum atomic E-state index is 0.680. The van der Waals surface area contributed by atoms with Gasteiger partial charge in [-0.2, -0.15) is 0 Å². The Morgan fingerprint density at radius 1 is 0.625 bits per heavy atom. The van der Waals surface area contributed by atoms with Gasteiger partial charge < -0.3 is 10.1 Å². The summed E-state index contributed by atoms with van der Waals surface area (Å²) in [5.41, 5.74) is 3.80. The highest BCUT2D eigenvalue weighted by molar-refractivity contribution is 5.63. The molecule has 3 rings (SSSR count). The monoisotopic (exact) mass is 317 g/mol. The highest BCUT2D eigenvalue weighted by Crippen LogP contribution is 2.21. The minimum Gasteiger partial charge on any atom is -0.492 e. The van der Waals surface area contributed by atoms with Gasteiger partial charge in [0.05, 0.1) is 0 Å². The zero-order valence-electron chi connectivity index (χ0n) is 13.8. The molecule has 0 fully saturated rings. The average Bonchev–Trinajstić information content (AvgIpc) is 2.67. The number of nitrogens with one attached hydrogen (secondary N) is 1. The molecule has 0 bridgehead atoms. The SMILES string of the molecule is c1ccc(CCNCCOc2ccc(-c3ccccc3)cc2)cc1. The summed E-state index contributed by atoms with van der Waals surface area (Å²) < 4.78 is 5.79. The van der Waals surface area contributed by atoms with E-state index < -0.39 is 0 Å². The van der Waals surface area contributed by atoms with Crippen molar-refractivity contribution in [2.75, 3.05) is 19.7 Å². The molecular weight excluding hydrogens is 294 g/mol. The summed E-state index contributed by atoms with van der Waals surface area (Å²) in [6.45, 7) is 2.51. The van der Waals surface area contributed by atoms with Crippen LogP contribution in [0.15, 0.2) is 84.9 Å². The second-order valence-corrected chi connectivity index (χ2v) is 5.72. The van der Waals surface area contributed by atoms with Crippen molar-refractivity contribution in [1.82, 2.24) is 5.32 Å². The van der Waals surface area contributed by atoms with Gasteiger partial charge in [0.1, 0.15) is 12.4 Å². The van der Waals surface area contributed by atoms with Crippen LogP contribution in [0.2, 0.25) is 0 Å². The fraction of sp³-hybridized carbons (Fsp3) is 0.182. The molecule has 24 heavy (non-hydrogen) atoms. The molecule has 0 radical (unpaired) electrons. The third kappa shape index (κ3) is 4.97. The van der Waals surface area contributed by atoms with Gasteiger partial charge in [-0.1, -0.05) is 72.8 Å². The molecule has 0 unspecified atom stereocenters. The predicted octanol–water partition coefficient (Wildman–Crippen LogP) is 4.56. The van der Waals surface area contributed by atoms with E-state index in [0.717, 1.165) is 25.3 Å². The Balaban J connectivity index is 1.36.